The van der Waals surface area contributed by atoms with Gasteiger partial charge in [-0.25, -0.2) is 9.97 Å². The van der Waals surface area contributed by atoms with Gasteiger partial charge in [0.2, 0.25) is 0 Å². The van der Waals surface area contributed by atoms with Crippen molar-refractivity contribution in [2.75, 3.05) is 5.32 Å². The predicted octanol–water partition coefficient (Wildman–Crippen LogP) is 5.12. The zero-order valence-electron chi connectivity index (χ0n) is 20.4. The molecule has 0 fully saturated rings. The number of pyridine rings is 4. The van der Waals surface area contributed by atoms with E-state index in [1.54, 1.807) is 37.2 Å². The first-order valence-corrected chi connectivity index (χ1v) is 12.3. The van der Waals surface area contributed by atoms with Gasteiger partial charge >= 0.3 is 0 Å². The molecule has 0 radical (unpaired) electrons. The lowest BCUT2D eigenvalue weighted by molar-refractivity contribution is 0.208. The van der Waals surface area contributed by atoms with E-state index < -0.39 is 6.23 Å². The van der Waals surface area contributed by atoms with E-state index >= 15 is 0 Å². The second-order valence-electron chi connectivity index (χ2n) is 9.00. The third kappa shape index (κ3) is 4.24. The first-order valence-electron chi connectivity index (χ1n) is 12.3. The molecule has 1 atom stereocenters. The zero-order chi connectivity index (χ0) is 26.2. The number of imidazole rings is 1. The van der Waals surface area contributed by atoms with Crippen LogP contribution in [0.3, 0.4) is 0 Å². The van der Waals surface area contributed by atoms with Crippen LogP contribution in [0.15, 0.2) is 97.8 Å². The van der Waals surface area contributed by atoms with Crippen molar-refractivity contribution in [3.63, 3.8) is 0 Å². The van der Waals surface area contributed by atoms with Crippen LogP contribution in [-0.4, -0.2) is 45.2 Å². The Hall–Kier alpha value is -5.48. The highest BCUT2D eigenvalue weighted by molar-refractivity contribution is 5.96. The third-order valence-corrected chi connectivity index (χ3v) is 6.47. The Morgan fingerprint density at radius 2 is 1.64 bits per heavy atom. The third-order valence-electron chi connectivity index (χ3n) is 6.47. The summed E-state index contributed by atoms with van der Waals surface area (Å²) in [5, 5.41) is 22.0. The minimum Gasteiger partial charge on any atom is -0.369 e. The van der Waals surface area contributed by atoms with Crippen LogP contribution in [0.25, 0.3) is 56.0 Å². The van der Waals surface area contributed by atoms with Gasteiger partial charge in [0.15, 0.2) is 17.7 Å². The van der Waals surface area contributed by atoms with Gasteiger partial charge in [-0.1, -0.05) is 30.3 Å². The Labute approximate surface area is 221 Å². The largest absolute Gasteiger partial charge is 0.369 e. The summed E-state index contributed by atoms with van der Waals surface area (Å²) in [7, 11) is 0. The smallest absolute Gasteiger partial charge is 0.159 e. The number of nitrogens with zero attached hydrogens (tertiary/aromatic N) is 6. The van der Waals surface area contributed by atoms with Crippen LogP contribution in [0.2, 0.25) is 0 Å². The summed E-state index contributed by atoms with van der Waals surface area (Å²) >= 11 is 0. The van der Waals surface area contributed by atoms with Crippen LogP contribution in [0.1, 0.15) is 11.8 Å². The Kier molecular flexibility index (Phi) is 5.49. The molecule has 7 rings (SSSR count). The van der Waals surface area contributed by atoms with Crippen LogP contribution in [0.5, 0.6) is 0 Å². The second kappa shape index (κ2) is 9.43. The molecule has 39 heavy (non-hydrogen) atoms. The van der Waals surface area contributed by atoms with E-state index in [4.69, 9.17) is 4.98 Å². The van der Waals surface area contributed by atoms with Crippen molar-refractivity contribution in [3.8, 4) is 33.9 Å². The van der Waals surface area contributed by atoms with Crippen molar-refractivity contribution in [1.29, 1.82) is 0 Å². The molecule has 188 valence electrons. The zero-order valence-corrected chi connectivity index (χ0v) is 20.4. The van der Waals surface area contributed by atoms with Crippen molar-refractivity contribution >= 4 is 27.8 Å². The van der Waals surface area contributed by atoms with Crippen LogP contribution in [-0.2, 0) is 0 Å². The van der Waals surface area contributed by atoms with Gasteiger partial charge < -0.3 is 15.4 Å². The summed E-state index contributed by atoms with van der Waals surface area (Å²) in [6, 6.07) is 19.1. The maximum absolute atomic E-state index is 10.6. The number of aromatic amines is 2. The SMILES string of the molecule is OC(Nc1cncc(-c2cnc3[nH]nc(-c4nc5c(-c6cccnc6)nccc5[nH]4)c3c2)c1)c1ccccc1. The Bertz CT molecular complexity index is 1920. The number of rotatable bonds is 6. The molecule has 7 aromatic rings. The molecule has 0 bridgehead atoms. The molecule has 0 aliphatic carbocycles. The first-order chi connectivity index (χ1) is 19.2. The van der Waals surface area contributed by atoms with Gasteiger partial charge in [0.1, 0.15) is 11.2 Å². The lowest BCUT2D eigenvalue weighted by Crippen LogP contribution is -2.09. The van der Waals surface area contributed by atoms with E-state index in [2.05, 4.69) is 40.4 Å². The molecule has 6 heterocycles. The van der Waals surface area contributed by atoms with Gasteiger partial charge in [0.25, 0.3) is 0 Å². The number of aliphatic hydroxyl groups excluding tert-OH is 1. The quantitative estimate of drug-likeness (QED) is 0.225. The molecule has 4 N–H and O–H groups in total. The van der Waals surface area contributed by atoms with Gasteiger partial charge in [0.05, 0.1) is 28.5 Å². The molecule has 10 nitrogen and oxygen atoms in total. The van der Waals surface area contributed by atoms with E-state index in [9.17, 15) is 5.11 Å². The van der Waals surface area contributed by atoms with Crippen LogP contribution >= 0.6 is 0 Å². The van der Waals surface area contributed by atoms with Crippen LogP contribution < -0.4 is 5.32 Å². The number of benzene rings is 1. The van der Waals surface area contributed by atoms with Gasteiger partial charge in [-0.15, -0.1) is 0 Å². The normalized spacial score (nSPS) is 12.1. The number of hydrogen-bond donors (Lipinski definition) is 4. The fourth-order valence-electron chi connectivity index (χ4n) is 4.56. The topological polar surface area (TPSA) is 141 Å². The van der Waals surface area contributed by atoms with E-state index in [0.717, 1.165) is 44.4 Å². The predicted molar refractivity (Wildman–Crippen MR) is 148 cm³/mol. The van der Waals surface area contributed by atoms with E-state index in [0.29, 0.717) is 22.9 Å². The summed E-state index contributed by atoms with van der Waals surface area (Å²) in [6.07, 6.45) is 9.59. The van der Waals surface area contributed by atoms with E-state index in [-0.39, 0.29) is 0 Å². The average molecular weight is 512 g/mol. The second-order valence-corrected chi connectivity index (χ2v) is 9.00. The Morgan fingerprint density at radius 3 is 2.51 bits per heavy atom. The average Bonchev–Trinajstić information content (AvgIpc) is 3.62. The van der Waals surface area contributed by atoms with E-state index in [1.807, 2.05) is 60.7 Å². The molecule has 0 saturated heterocycles. The van der Waals surface area contributed by atoms with Crippen LogP contribution in [0, 0.1) is 0 Å². The van der Waals surface area contributed by atoms with Gasteiger partial charge in [-0.05, 0) is 30.3 Å². The standard InChI is InChI=1S/C29H21N9O/c39-29(17-5-2-1-3-6-17)34-21-11-19(14-31-16-21)20-12-22-25(37-38-27(22)33-15-20)28-35-23-8-10-32-24(26(23)36-28)18-7-4-9-30-13-18/h1-16,29,34,39H,(H,35,36)(H,33,37,38). The lowest BCUT2D eigenvalue weighted by atomic mass is 10.1. The Morgan fingerprint density at radius 1 is 0.769 bits per heavy atom. The first kappa shape index (κ1) is 22.7. The summed E-state index contributed by atoms with van der Waals surface area (Å²) < 4.78 is 0. The minimum atomic E-state index is -0.858. The molecule has 1 aromatic carbocycles. The molecular weight excluding hydrogens is 490 g/mol. The molecule has 10 heteroatoms. The molecule has 1 unspecified atom stereocenters. The molecule has 0 aliphatic rings. The monoisotopic (exact) mass is 511 g/mol. The summed E-state index contributed by atoms with van der Waals surface area (Å²) in [5.41, 5.74) is 7.64. The molecule has 6 aromatic heterocycles. The number of nitrogens with one attached hydrogen (secondary N) is 3. The van der Waals surface area contributed by atoms with Crippen molar-refractivity contribution in [2.45, 2.75) is 6.23 Å². The maximum Gasteiger partial charge on any atom is 0.159 e. The lowest BCUT2D eigenvalue weighted by Gasteiger charge is -2.15. The summed E-state index contributed by atoms with van der Waals surface area (Å²) in [4.78, 5) is 25.9. The van der Waals surface area contributed by atoms with Crippen molar-refractivity contribution < 1.29 is 5.11 Å². The summed E-state index contributed by atoms with van der Waals surface area (Å²) in [6.45, 7) is 0. The number of fused-ring (bicyclic) bond motifs is 2. The van der Waals surface area contributed by atoms with Gasteiger partial charge in [-0.3, -0.25) is 20.1 Å². The van der Waals surface area contributed by atoms with Crippen molar-refractivity contribution in [2.24, 2.45) is 0 Å². The maximum atomic E-state index is 10.6. The van der Waals surface area contributed by atoms with Gasteiger partial charge in [-0.2, -0.15) is 5.10 Å². The molecule has 0 spiro atoms. The number of H-pyrrole nitrogens is 2. The van der Waals surface area contributed by atoms with Crippen LogP contribution in [0.4, 0.5) is 5.69 Å². The number of hydrogen-bond acceptors (Lipinski definition) is 8. The number of aliphatic hydroxyl groups is 1. The molecule has 0 saturated carbocycles. The fraction of sp³-hybridized carbons (Fsp3) is 0.0345. The highest BCUT2D eigenvalue weighted by Gasteiger charge is 2.17. The minimum absolute atomic E-state index is 0.605. The number of anilines is 1. The highest BCUT2D eigenvalue weighted by Crippen LogP contribution is 2.32. The highest BCUT2D eigenvalue weighted by atomic mass is 16.3. The molecular formula is C29H21N9O. The molecule has 0 amide bonds. The number of aromatic nitrogens is 8. The fourth-order valence-corrected chi connectivity index (χ4v) is 4.56. The summed E-state index contributed by atoms with van der Waals surface area (Å²) in [5.74, 6) is 0.605. The molecule has 0 aliphatic heterocycles. The van der Waals surface area contributed by atoms with Crippen molar-refractivity contribution in [1.82, 2.24) is 40.1 Å². The Balaban J connectivity index is 1.25. The van der Waals surface area contributed by atoms with Gasteiger partial charge in [0, 0.05) is 53.2 Å². The van der Waals surface area contributed by atoms with Crippen molar-refractivity contribution in [3.05, 3.63) is 103 Å². The van der Waals surface area contributed by atoms with E-state index in [1.165, 1.54) is 0 Å².